The Morgan fingerprint density at radius 2 is 1.44 bits per heavy atom. The monoisotopic (exact) mass is 414 g/mol. The van der Waals surface area contributed by atoms with Gasteiger partial charge in [0.15, 0.2) is 0 Å². The molecule has 0 atom stereocenters. The van der Waals surface area contributed by atoms with Crippen LogP contribution in [0.3, 0.4) is 0 Å². The van der Waals surface area contributed by atoms with Crippen molar-refractivity contribution in [3.8, 4) is 0 Å². The van der Waals surface area contributed by atoms with Gasteiger partial charge in [-0.05, 0) is 0 Å². The summed E-state index contributed by atoms with van der Waals surface area (Å²) in [5, 5.41) is 0. The van der Waals surface area contributed by atoms with Crippen molar-refractivity contribution in [2.24, 2.45) is 0 Å². The summed E-state index contributed by atoms with van der Waals surface area (Å²) >= 11 is -3.31. The standard InChI is InChI=1S/C7H7.2C2H4O2.Tl/c1-7-5-3-2-4-6-7;2*1-2(3)4;/h3-6H,1H3;2*1H3,(H,3,4);/q;;;+2/p-2. The van der Waals surface area contributed by atoms with Gasteiger partial charge in [-0.25, -0.2) is 0 Å². The minimum atomic E-state index is -3.31. The topological polar surface area (TPSA) is 52.6 Å². The van der Waals surface area contributed by atoms with E-state index in [1.54, 1.807) is 0 Å². The van der Waals surface area contributed by atoms with E-state index in [-0.39, 0.29) is 0 Å². The third kappa shape index (κ3) is 4.30. The van der Waals surface area contributed by atoms with E-state index in [1.165, 1.54) is 13.8 Å². The number of rotatable bonds is 3. The summed E-state index contributed by atoms with van der Waals surface area (Å²) in [5.41, 5.74) is 1.11. The van der Waals surface area contributed by atoms with Crippen LogP contribution in [-0.4, -0.2) is 35.5 Å². The Hall–Kier alpha value is -0.918. The normalized spacial score (nSPS) is 9.44. The van der Waals surface area contributed by atoms with Crippen LogP contribution in [-0.2, 0) is 15.0 Å². The van der Waals surface area contributed by atoms with Crippen molar-refractivity contribution >= 4 is 38.7 Å². The van der Waals surface area contributed by atoms with Gasteiger partial charge in [0.25, 0.3) is 0 Å². The molecule has 84 valence electrons. The second-order valence-corrected chi connectivity index (χ2v) is 10.5. The summed E-state index contributed by atoms with van der Waals surface area (Å²) in [4.78, 5) is 21.8. The van der Waals surface area contributed by atoms with Crippen molar-refractivity contribution in [3.63, 3.8) is 0 Å². The molecule has 4 nitrogen and oxygen atoms in total. The van der Waals surface area contributed by atoms with Crippen molar-refractivity contribution in [1.82, 2.24) is 0 Å². The molecule has 0 aliphatic heterocycles. The predicted octanol–water partition coefficient (Wildman–Crippen LogP) is 0.816. The van der Waals surface area contributed by atoms with Gasteiger partial charge in [-0.3, -0.25) is 0 Å². The second kappa shape index (κ2) is 5.98. The Balaban J connectivity index is 2.86. The van der Waals surface area contributed by atoms with Crippen molar-refractivity contribution in [1.29, 1.82) is 0 Å². The van der Waals surface area contributed by atoms with Crippen LogP contribution in [0.2, 0.25) is 0 Å². The molecule has 5 heteroatoms. The van der Waals surface area contributed by atoms with Crippen molar-refractivity contribution in [3.05, 3.63) is 29.8 Å². The molecule has 1 rings (SSSR count). The fraction of sp³-hybridized carbons (Fsp3) is 0.273. The van der Waals surface area contributed by atoms with E-state index < -0.39 is 35.5 Å². The molecule has 0 amide bonds. The molecule has 0 radical (unpaired) electrons. The van der Waals surface area contributed by atoms with Crippen LogP contribution in [0.25, 0.3) is 0 Å². The molecule has 0 aliphatic rings. The van der Waals surface area contributed by atoms with Crippen LogP contribution in [0.4, 0.5) is 0 Å². The van der Waals surface area contributed by atoms with Crippen molar-refractivity contribution in [2.75, 3.05) is 0 Å². The fourth-order valence-corrected chi connectivity index (χ4v) is 6.74. The summed E-state index contributed by atoms with van der Waals surface area (Å²) in [6.07, 6.45) is 0. The molecule has 1 aromatic rings. The maximum absolute atomic E-state index is 10.9. The summed E-state index contributed by atoms with van der Waals surface area (Å²) in [7, 11) is 0. The van der Waals surface area contributed by atoms with Crippen LogP contribution in [0.1, 0.15) is 19.4 Å². The number of benzene rings is 1. The first-order valence-corrected chi connectivity index (χ1v) is 10.8. The van der Waals surface area contributed by atoms with Crippen LogP contribution in [0.5, 0.6) is 0 Å². The molecule has 0 bridgehead atoms. The Morgan fingerprint density at radius 1 is 1.00 bits per heavy atom. The number of carbonyl (C=O) groups excluding carboxylic acids is 2. The SMILES string of the molecule is CC(=O)[O][Tl]([O]C(C)=O)[c]1ccc(C)cc1. The van der Waals surface area contributed by atoms with Gasteiger partial charge >= 0.3 is 104 Å². The molecular formula is C11H13O4Tl. The van der Waals surface area contributed by atoms with Crippen LogP contribution < -0.4 is 3.12 Å². The van der Waals surface area contributed by atoms with Gasteiger partial charge in [0.2, 0.25) is 0 Å². The Bertz CT molecular complexity index is 369. The molecule has 16 heavy (non-hydrogen) atoms. The van der Waals surface area contributed by atoms with E-state index in [0.29, 0.717) is 0 Å². The number of carbonyl (C=O) groups is 2. The first kappa shape index (κ1) is 13.1. The summed E-state index contributed by atoms with van der Waals surface area (Å²) in [6, 6.07) is 7.53. The molecule has 0 saturated heterocycles. The average Bonchev–Trinajstić information content (AvgIpc) is 2.16. The van der Waals surface area contributed by atoms with Gasteiger partial charge in [0, 0.05) is 0 Å². The van der Waals surface area contributed by atoms with Crippen LogP contribution in [0, 0.1) is 6.92 Å². The van der Waals surface area contributed by atoms with E-state index in [9.17, 15) is 9.59 Å². The molecule has 0 fully saturated rings. The second-order valence-electron chi connectivity index (χ2n) is 3.46. The molecule has 0 saturated carbocycles. The Labute approximate surface area is 104 Å². The molecule has 0 heterocycles. The first-order chi connectivity index (χ1) is 7.49. The zero-order valence-corrected chi connectivity index (χ0v) is 14.0. The minimum absolute atomic E-state index is 0.395. The molecule has 0 aromatic heterocycles. The molecule has 0 unspecified atom stereocenters. The summed E-state index contributed by atoms with van der Waals surface area (Å²) in [6.45, 7) is 4.61. The van der Waals surface area contributed by atoms with E-state index in [4.69, 9.17) is 5.37 Å². The Kier molecular flexibility index (Phi) is 4.91. The van der Waals surface area contributed by atoms with Crippen LogP contribution >= 0.6 is 0 Å². The van der Waals surface area contributed by atoms with Gasteiger partial charge in [-0.1, -0.05) is 0 Å². The number of aryl methyl sites for hydroxylation is 1. The quantitative estimate of drug-likeness (QED) is 0.689. The predicted molar refractivity (Wildman–Crippen MR) is 60.1 cm³/mol. The summed E-state index contributed by atoms with van der Waals surface area (Å²) < 4.78 is 11.1. The maximum atomic E-state index is 10.9. The van der Waals surface area contributed by atoms with Gasteiger partial charge in [0.05, 0.1) is 0 Å². The molecule has 1 aromatic carbocycles. The Morgan fingerprint density at radius 3 is 1.81 bits per heavy atom. The number of hydrogen-bond acceptors (Lipinski definition) is 4. The molecule has 0 spiro atoms. The summed E-state index contributed by atoms with van der Waals surface area (Å²) in [5.74, 6) is -0.790. The van der Waals surface area contributed by atoms with E-state index in [0.717, 1.165) is 8.69 Å². The van der Waals surface area contributed by atoms with Gasteiger partial charge in [-0.2, -0.15) is 0 Å². The van der Waals surface area contributed by atoms with Crippen molar-refractivity contribution < 1.29 is 15.0 Å². The molecule has 0 aliphatic carbocycles. The third-order valence-electron chi connectivity index (χ3n) is 1.90. The van der Waals surface area contributed by atoms with Crippen molar-refractivity contribution in [2.45, 2.75) is 20.8 Å². The fourth-order valence-electron chi connectivity index (χ4n) is 1.19. The van der Waals surface area contributed by atoms with E-state index in [1.807, 2.05) is 31.2 Å². The van der Waals surface area contributed by atoms with Gasteiger partial charge in [0.1, 0.15) is 0 Å². The molecule has 0 N–H and O–H groups in total. The van der Waals surface area contributed by atoms with E-state index in [2.05, 4.69) is 0 Å². The number of hydrogen-bond donors (Lipinski definition) is 0. The molecular weight excluding hydrogens is 401 g/mol. The zero-order valence-electron chi connectivity index (χ0n) is 9.52. The van der Waals surface area contributed by atoms with Crippen LogP contribution in [0.15, 0.2) is 24.3 Å². The van der Waals surface area contributed by atoms with E-state index >= 15 is 0 Å². The zero-order chi connectivity index (χ0) is 12.1. The van der Waals surface area contributed by atoms with Gasteiger partial charge in [-0.15, -0.1) is 0 Å². The average molecular weight is 414 g/mol. The van der Waals surface area contributed by atoms with Gasteiger partial charge < -0.3 is 0 Å². The first-order valence-electron chi connectivity index (χ1n) is 4.90. The third-order valence-corrected chi connectivity index (χ3v) is 9.75.